The lowest BCUT2D eigenvalue weighted by Crippen LogP contribution is -2.41. The summed E-state index contributed by atoms with van der Waals surface area (Å²) in [7, 11) is -3.92. The fourth-order valence-electron chi connectivity index (χ4n) is 3.16. The fraction of sp³-hybridized carbons (Fsp3) is 0.208. The standard InChI is InChI=1S/C24H25IN2O4S/c1-3-31-22-15-9-19(10-16-22)18(2)26-24(28)17-27(21-13-11-20(25)12-14-21)32(29,30)23-7-5-4-6-8-23/h4-16,18H,3,17H2,1-2H3,(H,26,28)/t18-/m0/s1. The molecule has 1 atom stereocenters. The van der Waals surface area contributed by atoms with Gasteiger partial charge in [-0.3, -0.25) is 9.10 Å². The third-order valence-corrected chi connectivity index (χ3v) is 7.31. The van der Waals surface area contributed by atoms with Gasteiger partial charge in [-0.05, 0) is 90.5 Å². The SMILES string of the molecule is CCOc1ccc([C@H](C)NC(=O)CN(c2ccc(I)cc2)S(=O)(=O)c2ccccc2)cc1. The van der Waals surface area contributed by atoms with Crippen molar-refractivity contribution in [3.8, 4) is 5.75 Å². The molecule has 168 valence electrons. The Bertz CT molecular complexity index is 1130. The number of sulfonamides is 1. The number of anilines is 1. The summed E-state index contributed by atoms with van der Waals surface area (Å²) in [6, 6.07) is 22.3. The maximum absolute atomic E-state index is 13.3. The van der Waals surface area contributed by atoms with Gasteiger partial charge in [0.05, 0.1) is 23.2 Å². The van der Waals surface area contributed by atoms with Crippen molar-refractivity contribution in [1.82, 2.24) is 5.32 Å². The van der Waals surface area contributed by atoms with Gasteiger partial charge < -0.3 is 10.1 Å². The van der Waals surface area contributed by atoms with Gasteiger partial charge in [-0.15, -0.1) is 0 Å². The summed E-state index contributed by atoms with van der Waals surface area (Å²) in [5.41, 5.74) is 1.33. The molecule has 1 amide bonds. The third-order valence-electron chi connectivity index (χ3n) is 4.80. The summed E-state index contributed by atoms with van der Waals surface area (Å²) in [5.74, 6) is 0.359. The van der Waals surface area contributed by atoms with Crippen LogP contribution in [0.5, 0.6) is 5.75 Å². The second kappa shape index (κ2) is 10.8. The number of halogens is 1. The van der Waals surface area contributed by atoms with Gasteiger partial charge in [-0.25, -0.2) is 8.42 Å². The number of carbonyl (C=O) groups is 1. The number of hydrogen-bond acceptors (Lipinski definition) is 4. The Kier molecular flexibility index (Phi) is 8.14. The van der Waals surface area contributed by atoms with Crippen molar-refractivity contribution in [1.29, 1.82) is 0 Å². The van der Waals surface area contributed by atoms with Crippen molar-refractivity contribution in [2.75, 3.05) is 17.5 Å². The minimum atomic E-state index is -3.92. The highest BCUT2D eigenvalue weighted by atomic mass is 127. The number of amides is 1. The van der Waals surface area contributed by atoms with Gasteiger partial charge in [-0.2, -0.15) is 0 Å². The molecule has 3 aromatic carbocycles. The first-order valence-electron chi connectivity index (χ1n) is 10.2. The average molecular weight is 564 g/mol. The van der Waals surface area contributed by atoms with Crippen molar-refractivity contribution >= 4 is 44.2 Å². The first-order valence-corrected chi connectivity index (χ1v) is 12.7. The van der Waals surface area contributed by atoms with Crippen molar-refractivity contribution in [2.45, 2.75) is 24.8 Å². The summed E-state index contributed by atoms with van der Waals surface area (Å²) in [6.45, 7) is 4.02. The smallest absolute Gasteiger partial charge is 0.264 e. The zero-order valence-corrected chi connectivity index (χ0v) is 20.8. The number of nitrogens with zero attached hydrogens (tertiary/aromatic N) is 1. The van der Waals surface area contributed by atoms with Crippen LogP contribution in [0.1, 0.15) is 25.5 Å². The number of nitrogens with one attached hydrogen (secondary N) is 1. The third kappa shape index (κ3) is 6.01. The van der Waals surface area contributed by atoms with E-state index in [0.29, 0.717) is 12.3 Å². The lowest BCUT2D eigenvalue weighted by molar-refractivity contribution is -0.120. The molecule has 1 N–H and O–H groups in total. The molecule has 3 aromatic rings. The minimum absolute atomic E-state index is 0.130. The molecule has 0 heterocycles. The number of rotatable bonds is 9. The minimum Gasteiger partial charge on any atom is -0.494 e. The van der Waals surface area contributed by atoms with E-state index in [9.17, 15) is 13.2 Å². The van der Waals surface area contributed by atoms with Crippen molar-refractivity contribution in [3.05, 3.63) is 88.0 Å². The van der Waals surface area contributed by atoms with Gasteiger partial charge in [-0.1, -0.05) is 30.3 Å². The Morgan fingerprint density at radius 3 is 2.22 bits per heavy atom. The van der Waals surface area contributed by atoms with Gasteiger partial charge in [0.25, 0.3) is 10.0 Å². The lowest BCUT2D eigenvalue weighted by Gasteiger charge is -2.25. The molecule has 0 spiro atoms. The van der Waals surface area contributed by atoms with E-state index < -0.39 is 15.9 Å². The predicted molar refractivity (Wildman–Crippen MR) is 134 cm³/mol. The highest BCUT2D eigenvalue weighted by molar-refractivity contribution is 14.1. The van der Waals surface area contributed by atoms with Crippen LogP contribution < -0.4 is 14.4 Å². The second-order valence-corrected chi connectivity index (χ2v) is 10.2. The summed E-state index contributed by atoms with van der Waals surface area (Å²) in [6.07, 6.45) is 0. The summed E-state index contributed by atoms with van der Waals surface area (Å²) in [4.78, 5) is 13.0. The van der Waals surface area contributed by atoms with Crippen LogP contribution >= 0.6 is 22.6 Å². The lowest BCUT2D eigenvalue weighted by atomic mass is 10.1. The van der Waals surface area contributed by atoms with Crippen LogP contribution in [0.15, 0.2) is 83.8 Å². The molecule has 0 radical (unpaired) electrons. The normalized spacial score (nSPS) is 12.1. The van der Waals surface area contributed by atoms with Crippen molar-refractivity contribution in [2.24, 2.45) is 0 Å². The Labute approximate surface area is 202 Å². The predicted octanol–water partition coefficient (Wildman–Crippen LogP) is 4.76. The van der Waals surface area contributed by atoms with Gasteiger partial charge in [0, 0.05) is 3.57 Å². The molecule has 0 aliphatic carbocycles. The van der Waals surface area contributed by atoms with Crippen LogP contribution in [-0.2, 0) is 14.8 Å². The summed E-state index contributed by atoms with van der Waals surface area (Å²) in [5, 5.41) is 2.90. The molecule has 3 rings (SSSR count). The van der Waals surface area contributed by atoms with E-state index in [-0.39, 0.29) is 17.5 Å². The van der Waals surface area contributed by atoms with Crippen LogP contribution in [0.25, 0.3) is 0 Å². The van der Waals surface area contributed by atoms with Crippen LogP contribution in [0.2, 0.25) is 0 Å². The van der Waals surface area contributed by atoms with E-state index in [1.807, 2.05) is 50.2 Å². The van der Waals surface area contributed by atoms with Crippen LogP contribution in [0, 0.1) is 3.57 Å². The molecular formula is C24H25IN2O4S. The quantitative estimate of drug-likeness (QED) is 0.381. The van der Waals surface area contributed by atoms with Gasteiger partial charge >= 0.3 is 0 Å². The molecule has 0 unspecified atom stereocenters. The Hall–Kier alpha value is -2.59. The maximum Gasteiger partial charge on any atom is 0.264 e. The number of carbonyl (C=O) groups excluding carboxylic acids is 1. The zero-order chi connectivity index (χ0) is 23.1. The Morgan fingerprint density at radius 2 is 1.62 bits per heavy atom. The number of benzene rings is 3. The molecule has 0 saturated heterocycles. The van der Waals surface area contributed by atoms with Gasteiger partial charge in [0.2, 0.25) is 5.91 Å². The molecule has 0 fully saturated rings. The molecule has 0 aromatic heterocycles. The van der Waals surface area contributed by atoms with Crippen LogP contribution in [0.4, 0.5) is 5.69 Å². The Balaban J connectivity index is 1.81. The molecule has 0 aliphatic rings. The molecule has 6 nitrogen and oxygen atoms in total. The van der Waals surface area contributed by atoms with Gasteiger partial charge in [0.15, 0.2) is 0 Å². The van der Waals surface area contributed by atoms with E-state index in [0.717, 1.165) is 19.2 Å². The highest BCUT2D eigenvalue weighted by Crippen LogP contribution is 2.25. The maximum atomic E-state index is 13.3. The first kappa shape index (κ1) is 24.1. The number of ether oxygens (including phenoxy) is 1. The van der Waals surface area contributed by atoms with E-state index in [4.69, 9.17) is 4.74 Å². The van der Waals surface area contributed by atoms with E-state index in [1.165, 1.54) is 12.1 Å². The molecule has 32 heavy (non-hydrogen) atoms. The molecule has 0 aliphatic heterocycles. The van der Waals surface area contributed by atoms with Crippen LogP contribution in [-0.4, -0.2) is 27.5 Å². The topological polar surface area (TPSA) is 75.7 Å². The second-order valence-electron chi connectivity index (χ2n) is 7.09. The number of hydrogen-bond donors (Lipinski definition) is 1. The fourth-order valence-corrected chi connectivity index (χ4v) is 4.96. The average Bonchev–Trinajstić information content (AvgIpc) is 2.79. The van der Waals surface area contributed by atoms with E-state index >= 15 is 0 Å². The van der Waals surface area contributed by atoms with Gasteiger partial charge in [0.1, 0.15) is 12.3 Å². The van der Waals surface area contributed by atoms with Crippen molar-refractivity contribution in [3.63, 3.8) is 0 Å². The van der Waals surface area contributed by atoms with E-state index in [1.54, 1.807) is 30.3 Å². The van der Waals surface area contributed by atoms with Crippen molar-refractivity contribution < 1.29 is 17.9 Å². The highest BCUT2D eigenvalue weighted by Gasteiger charge is 2.27. The summed E-state index contributed by atoms with van der Waals surface area (Å²) < 4.78 is 34.2. The molecule has 8 heteroatoms. The monoisotopic (exact) mass is 564 g/mol. The largest absolute Gasteiger partial charge is 0.494 e. The molecule has 0 saturated carbocycles. The summed E-state index contributed by atoms with van der Waals surface area (Å²) >= 11 is 2.15. The van der Waals surface area contributed by atoms with Crippen LogP contribution in [0.3, 0.4) is 0 Å². The zero-order valence-electron chi connectivity index (χ0n) is 17.9. The first-order chi connectivity index (χ1) is 15.3. The van der Waals surface area contributed by atoms with E-state index in [2.05, 4.69) is 27.9 Å². The Morgan fingerprint density at radius 1 is 1.00 bits per heavy atom. The molecular weight excluding hydrogens is 539 g/mol. The molecule has 0 bridgehead atoms.